The molecule has 4 nitrogen and oxygen atoms in total. The van der Waals surface area contributed by atoms with Crippen LogP contribution in [0.15, 0.2) is 24.3 Å². The molecule has 1 saturated heterocycles. The van der Waals surface area contributed by atoms with Crippen molar-refractivity contribution in [3.8, 4) is 0 Å². The monoisotopic (exact) mass is 220 g/mol. The highest BCUT2D eigenvalue weighted by atomic mass is 16.5. The lowest BCUT2D eigenvalue weighted by molar-refractivity contribution is -0.139. The molecule has 1 aliphatic heterocycles. The number of likely N-dealkylation sites (N-methyl/N-ethyl adjacent to an activating group) is 1. The van der Waals surface area contributed by atoms with Crippen LogP contribution in [0.3, 0.4) is 0 Å². The summed E-state index contributed by atoms with van der Waals surface area (Å²) in [6.07, 6.45) is 0.737. The number of nitrogen functional groups attached to an aromatic ring is 1. The van der Waals surface area contributed by atoms with Gasteiger partial charge in [0.25, 0.3) is 0 Å². The van der Waals surface area contributed by atoms with E-state index in [1.165, 1.54) is 0 Å². The number of ether oxygens (including phenoxy) is 1. The molecule has 1 aromatic rings. The number of hydrogen-bond acceptors (Lipinski definition) is 4. The lowest BCUT2D eigenvalue weighted by Gasteiger charge is -2.28. The second-order valence-electron chi connectivity index (χ2n) is 3.82. The highest BCUT2D eigenvalue weighted by Gasteiger charge is 2.32. The number of rotatable bonds is 3. The first kappa shape index (κ1) is 10.8. The quantitative estimate of drug-likeness (QED) is 0.618. The zero-order valence-electron chi connectivity index (χ0n) is 9.35. The molecule has 0 aliphatic carbocycles. The van der Waals surface area contributed by atoms with Gasteiger partial charge in [0, 0.05) is 13.0 Å². The van der Waals surface area contributed by atoms with Crippen molar-refractivity contribution in [3.63, 3.8) is 0 Å². The standard InChI is InChI=1S/C12H16N2O2/c1-2-14(11-7-8-16-12(11)15)10-6-4-3-5-9(10)13/h3-6,11H,2,7-8,13H2,1H3. The number of hydrogen-bond donors (Lipinski definition) is 1. The third-order valence-corrected chi connectivity index (χ3v) is 2.87. The van der Waals surface area contributed by atoms with Crippen LogP contribution in [0.1, 0.15) is 13.3 Å². The Morgan fingerprint density at radius 1 is 1.50 bits per heavy atom. The minimum Gasteiger partial charge on any atom is -0.464 e. The van der Waals surface area contributed by atoms with E-state index in [-0.39, 0.29) is 12.0 Å². The largest absolute Gasteiger partial charge is 0.464 e. The van der Waals surface area contributed by atoms with Crippen LogP contribution in [0.5, 0.6) is 0 Å². The summed E-state index contributed by atoms with van der Waals surface area (Å²) < 4.78 is 4.99. The van der Waals surface area contributed by atoms with Crippen molar-refractivity contribution in [3.05, 3.63) is 24.3 Å². The fraction of sp³-hybridized carbons (Fsp3) is 0.417. The molecular weight excluding hydrogens is 204 g/mol. The van der Waals surface area contributed by atoms with E-state index in [1.54, 1.807) is 0 Å². The van der Waals surface area contributed by atoms with Gasteiger partial charge in [-0.2, -0.15) is 0 Å². The van der Waals surface area contributed by atoms with E-state index in [0.717, 1.165) is 18.7 Å². The number of benzene rings is 1. The first-order chi connectivity index (χ1) is 7.74. The van der Waals surface area contributed by atoms with Gasteiger partial charge in [0.05, 0.1) is 18.0 Å². The fourth-order valence-electron chi connectivity index (χ4n) is 2.08. The Morgan fingerprint density at radius 3 is 2.81 bits per heavy atom. The summed E-state index contributed by atoms with van der Waals surface area (Å²) in [5.41, 5.74) is 7.53. The van der Waals surface area contributed by atoms with Crippen molar-refractivity contribution < 1.29 is 9.53 Å². The molecule has 1 aliphatic rings. The van der Waals surface area contributed by atoms with Crippen molar-refractivity contribution in [2.75, 3.05) is 23.8 Å². The molecule has 2 N–H and O–H groups in total. The van der Waals surface area contributed by atoms with Crippen LogP contribution >= 0.6 is 0 Å². The number of nitrogens with two attached hydrogens (primary N) is 1. The summed E-state index contributed by atoms with van der Waals surface area (Å²) in [5.74, 6) is -0.148. The van der Waals surface area contributed by atoms with Crippen LogP contribution in [0, 0.1) is 0 Å². The third-order valence-electron chi connectivity index (χ3n) is 2.87. The van der Waals surface area contributed by atoms with E-state index < -0.39 is 0 Å². The van der Waals surface area contributed by atoms with Crippen molar-refractivity contribution in [2.45, 2.75) is 19.4 Å². The SMILES string of the molecule is CCN(c1ccccc1N)C1CCOC1=O. The van der Waals surface area contributed by atoms with Crippen LogP contribution in [0.4, 0.5) is 11.4 Å². The lowest BCUT2D eigenvalue weighted by Crippen LogP contribution is -2.38. The number of anilines is 2. The Hall–Kier alpha value is -1.71. The fourth-order valence-corrected chi connectivity index (χ4v) is 2.08. The van der Waals surface area contributed by atoms with Gasteiger partial charge in [-0.05, 0) is 19.1 Å². The number of cyclic esters (lactones) is 1. The average molecular weight is 220 g/mol. The Morgan fingerprint density at radius 2 is 2.25 bits per heavy atom. The van der Waals surface area contributed by atoms with Gasteiger partial charge < -0.3 is 15.4 Å². The molecular formula is C12H16N2O2. The van der Waals surface area contributed by atoms with Crippen LogP contribution in [0.25, 0.3) is 0 Å². The molecule has 0 amide bonds. The summed E-state index contributed by atoms with van der Waals surface area (Å²) >= 11 is 0. The number of nitrogens with zero attached hydrogens (tertiary/aromatic N) is 1. The van der Waals surface area contributed by atoms with Crippen molar-refractivity contribution in [1.82, 2.24) is 0 Å². The molecule has 0 bridgehead atoms. The van der Waals surface area contributed by atoms with E-state index in [2.05, 4.69) is 0 Å². The molecule has 1 unspecified atom stereocenters. The van der Waals surface area contributed by atoms with Crippen molar-refractivity contribution in [2.24, 2.45) is 0 Å². The summed E-state index contributed by atoms with van der Waals surface area (Å²) in [5, 5.41) is 0. The topological polar surface area (TPSA) is 55.6 Å². The molecule has 1 heterocycles. The molecule has 1 atom stereocenters. The normalized spacial score (nSPS) is 19.6. The summed E-state index contributed by atoms with van der Waals surface area (Å²) in [6, 6.07) is 7.41. The van der Waals surface area contributed by atoms with E-state index in [0.29, 0.717) is 12.3 Å². The first-order valence-electron chi connectivity index (χ1n) is 5.52. The van der Waals surface area contributed by atoms with Gasteiger partial charge in [-0.3, -0.25) is 0 Å². The maximum absolute atomic E-state index is 11.6. The molecule has 0 radical (unpaired) electrons. The van der Waals surface area contributed by atoms with Crippen LogP contribution in [-0.2, 0) is 9.53 Å². The minimum atomic E-state index is -0.185. The summed E-state index contributed by atoms with van der Waals surface area (Å²) in [7, 11) is 0. The van der Waals surface area contributed by atoms with E-state index >= 15 is 0 Å². The molecule has 1 aromatic carbocycles. The Bertz CT molecular complexity index is 392. The molecule has 4 heteroatoms. The predicted molar refractivity (Wildman–Crippen MR) is 63.2 cm³/mol. The van der Waals surface area contributed by atoms with Gasteiger partial charge in [0.1, 0.15) is 6.04 Å². The second-order valence-corrected chi connectivity index (χ2v) is 3.82. The van der Waals surface area contributed by atoms with Crippen molar-refractivity contribution in [1.29, 1.82) is 0 Å². The second kappa shape index (κ2) is 4.43. The first-order valence-corrected chi connectivity index (χ1v) is 5.52. The Balaban J connectivity index is 2.29. The van der Waals surface area contributed by atoms with Gasteiger partial charge in [-0.1, -0.05) is 12.1 Å². The predicted octanol–water partition coefficient (Wildman–Crippen LogP) is 1.41. The Kier molecular flexibility index (Phi) is 2.99. The van der Waals surface area contributed by atoms with E-state index in [9.17, 15) is 4.79 Å². The molecule has 16 heavy (non-hydrogen) atoms. The number of carbonyl (C=O) groups excluding carboxylic acids is 1. The third kappa shape index (κ3) is 1.83. The molecule has 0 spiro atoms. The molecule has 1 fully saturated rings. The zero-order chi connectivity index (χ0) is 11.5. The van der Waals surface area contributed by atoms with Crippen LogP contribution < -0.4 is 10.6 Å². The molecule has 2 rings (SSSR count). The highest BCUT2D eigenvalue weighted by molar-refractivity contribution is 5.83. The maximum Gasteiger partial charge on any atom is 0.328 e. The number of carbonyl (C=O) groups is 1. The maximum atomic E-state index is 11.6. The Labute approximate surface area is 95.0 Å². The van der Waals surface area contributed by atoms with Crippen LogP contribution in [0.2, 0.25) is 0 Å². The van der Waals surface area contributed by atoms with Crippen LogP contribution in [-0.4, -0.2) is 25.2 Å². The highest BCUT2D eigenvalue weighted by Crippen LogP contribution is 2.27. The average Bonchev–Trinajstić information content (AvgIpc) is 2.69. The van der Waals surface area contributed by atoms with Gasteiger partial charge >= 0.3 is 5.97 Å². The van der Waals surface area contributed by atoms with Gasteiger partial charge in [-0.15, -0.1) is 0 Å². The smallest absolute Gasteiger partial charge is 0.328 e. The number of esters is 1. The minimum absolute atomic E-state index is 0.148. The van der Waals surface area contributed by atoms with E-state index in [1.807, 2.05) is 36.1 Å². The summed E-state index contributed by atoms with van der Waals surface area (Å²) in [6.45, 7) is 3.26. The van der Waals surface area contributed by atoms with Gasteiger partial charge in [-0.25, -0.2) is 4.79 Å². The van der Waals surface area contributed by atoms with Crippen molar-refractivity contribution >= 4 is 17.3 Å². The molecule has 0 saturated carbocycles. The summed E-state index contributed by atoms with van der Waals surface area (Å²) in [4.78, 5) is 13.6. The van der Waals surface area contributed by atoms with Gasteiger partial charge in [0.2, 0.25) is 0 Å². The van der Waals surface area contributed by atoms with Gasteiger partial charge in [0.15, 0.2) is 0 Å². The van der Waals surface area contributed by atoms with E-state index in [4.69, 9.17) is 10.5 Å². The molecule has 86 valence electrons. The zero-order valence-corrected chi connectivity index (χ0v) is 9.35. The lowest BCUT2D eigenvalue weighted by atomic mass is 10.1. The number of para-hydroxylation sites is 2. The molecule has 0 aromatic heterocycles.